The molecule has 3 heteroatoms. The molecular formula is C8H16O2S. The monoisotopic (exact) mass is 176 g/mol. The van der Waals surface area contributed by atoms with Crippen LogP contribution in [0.5, 0.6) is 0 Å². The second-order valence-electron chi connectivity index (χ2n) is 3.86. The van der Waals surface area contributed by atoms with Gasteiger partial charge >= 0.3 is 0 Å². The third-order valence-electron chi connectivity index (χ3n) is 2.78. The molecule has 0 heterocycles. The molecule has 0 amide bonds. The standard InChI is InChI=1S/C8H16O2S/c1-3-8(6-11(9)10)4-7(2)5-8/h7,11H,3-6H2,1-2H3. The van der Waals surface area contributed by atoms with E-state index in [9.17, 15) is 8.42 Å². The smallest absolute Gasteiger partial charge is 0.140 e. The van der Waals surface area contributed by atoms with E-state index in [1.807, 2.05) is 0 Å². The summed E-state index contributed by atoms with van der Waals surface area (Å²) in [5.41, 5.74) is 0.161. The molecule has 0 bridgehead atoms. The van der Waals surface area contributed by atoms with Gasteiger partial charge in [0.15, 0.2) is 0 Å². The maximum absolute atomic E-state index is 10.5. The summed E-state index contributed by atoms with van der Waals surface area (Å²) in [5, 5.41) is 0. The molecule has 11 heavy (non-hydrogen) atoms. The molecule has 1 fully saturated rings. The molecule has 0 radical (unpaired) electrons. The first-order chi connectivity index (χ1) is 5.08. The molecule has 0 aromatic rings. The Labute approximate surface area is 69.9 Å². The minimum atomic E-state index is -2.17. The summed E-state index contributed by atoms with van der Waals surface area (Å²) in [6.45, 7) is 4.27. The van der Waals surface area contributed by atoms with Gasteiger partial charge in [-0.1, -0.05) is 13.8 Å². The molecule has 1 aliphatic rings. The SMILES string of the molecule is CCC1(C[SH](=O)=O)CC(C)C1. The zero-order valence-corrected chi connectivity index (χ0v) is 8.06. The molecule has 0 aromatic heterocycles. The van der Waals surface area contributed by atoms with Gasteiger partial charge < -0.3 is 0 Å². The quantitative estimate of drug-likeness (QED) is 0.660. The normalized spacial score (nSPS) is 37.2. The van der Waals surface area contributed by atoms with Crippen LogP contribution in [0.25, 0.3) is 0 Å². The van der Waals surface area contributed by atoms with Crippen LogP contribution in [0.2, 0.25) is 0 Å². The van der Waals surface area contributed by atoms with Crippen LogP contribution in [-0.2, 0) is 10.7 Å². The minimum absolute atomic E-state index is 0.161. The molecule has 0 saturated heterocycles. The van der Waals surface area contributed by atoms with E-state index in [1.54, 1.807) is 0 Å². The lowest BCUT2D eigenvalue weighted by Gasteiger charge is -2.45. The second kappa shape index (κ2) is 3.13. The van der Waals surface area contributed by atoms with E-state index in [0.717, 1.165) is 25.2 Å². The van der Waals surface area contributed by atoms with Crippen LogP contribution >= 0.6 is 0 Å². The van der Waals surface area contributed by atoms with Gasteiger partial charge in [0.1, 0.15) is 10.7 Å². The first-order valence-corrected chi connectivity index (χ1v) is 5.56. The summed E-state index contributed by atoms with van der Waals surface area (Å²) < 4.78 is 21.0. The van der Waals surface area contributed by atoms with Gasteiger partial charge in [0, 0.05) is 0 Å². The molecule has 0 N–H and O–H groups in total. The molecule has 1 rings (SSSR count). The van der Waals surface area contributed by atoms with E-state index in [2.05, 4.69) is 13.8 Å². The molecule has 0 unspecified atom stereocenters. The second-order valence-corrected chi connectivity index (χ2v) is 4.84. The molecule has 2 nitrogen and oxygen atoms in total. The maximum atomic E-state index is 10.5. The van der Waals surface area contributed by atoms with Gasteiger partial charge in [-0.15, -0.1) is 0 Å². The van der Waals surface area contributed by atoms with Crippen molar-refractivity contribution in [1.29, 1.82) is 0 Å². The lowest BCUT2D eigenvalue weighted by molar-refractivity contribution is 0.0877. The Morgan fingerprint density at radius 3 is 2.27 bits per heavy atom. The summed E-state index contributed by atoms with van der Waals surface area (Å²) in [4.78, 5) is 0. The summed E-state index contributed by atoms with van der Waals surface area (Å²) >= 11 is 0. The summed E-state index contributed by atoms with van der Waals surface area (Å²) in [6, 6.07) is 0. The van der Waals surface area contributed by atoms with E-state index in [-0.39, 0.29) is 5.41 Å². The van der Waals surface area contributed by atoms with Crippen molar-refractivity contribution in [3.63, 3.8) is 0 Å². The Kier molecular flexibility index (Phi) is 2.58. The van der Waals surface area contributed by atoms with Crippen molar-refractivity contribution >= 4 is 10.7 Å². The average Bonchev–Trinajstić information content (AvgIpc) is 1.82. The van der Waals surface area contributed by atoms with Crippen LogP contribution < -0.4 is 0 Å². The molecule has 1 saturated carbocycles. The van der Waals surface area contributed by atoms with Gasteiger partial charge in [-0.2, -0.15) is 0 Å². The zero-order chi connectivity index (χ0) is 8.48. The Morgan fingerprint density at radius 1 is 1.45 bits per heavy atom. The fraction of sp³-hybridized carbons (Fsp3) is 1.00. The van der Waals surface area contributed by atoms with Crippen molar-refractivity contribution in [3.05, 3.63) is 0 Å². The number of hydrogen-bond donors (Lipinski definition) is 1. The third kappa shape index (κ3) is 1.95. The van der Waals surface area contributed by atoms with Crippen LogP contribution in [0.1, 0.15) is 33.1 Å². The van der Waals surface area contributed by atoms with Gasteiger partial charge in [0.25, 0.3) is 0 Å². The van der Waals surface area contributed by atoms with Crippen molar-refractivity contribution in [2.24, 2.45) is 11.3 Å². The fourth-order valence-electron chi connectivity index (χ4n) is 2.22. The van der Waals surface area contributed by atoms with E-state index in [0.29, 0.717) is 5.75 Å². The van der Waals surface area contributed by atoms with Crippen molar-refractivity contribution in [2.75, 3.05) is 5.75 Å². The maximum Gasteiger partial charge on any atom is 0.140 e. The molecule has 66 valence electrons. The van der Waals surface area contributed by atoms with E-state index >= 15 is 0 Å². The lowest BCUT2D eigenvalue weighted by Crippen LogP contribution is -2.38. The molecule has 0 spiro atoms. The van der Waals surface area contributed by atoms with Crippen molar-refractivity contribution in [1.82, 2.24) is 0 Å². The average molecular weight is 176 g/mol. The van der Waals surface area contributed by atoms with Gasteiger partial charge in [-0.25, -0.2) is 8.42 Å². The van der Waals surface area contributed by atoms with Gasteiger partial charge in [-0.05, 0) is 30.6 Å². The highest BCUT2D eigenvalue weighted by molar-refractivity contribution is 7.72. The number of thiol groups is 1. The highest BCUT2D eigenvalue weighted by Gasteiger charge is 2.40. The van der Waals surface area contributed by atoms with Gasteiger partial charge in [-0.3, -0.25) is 0 Å². The highest BCUT2D eigenvalue weighted by atomic mass is 32.2. The Balaban J connectivity index is 2.50. The first-order valence-electron chi connectivity index (χ1n) is 4.20. The first kappa shape index (κ1) is 9.04. The van der Waals surface area contributed by atoms with E-state index in [4.69, 9.17) is 0 Å². The Hall–Kier alpha value is -0.0500. The van der Waals surface area contributed by atoms with Crippen molar-refractivity contribution < 1.29 is 8.42 Å². The molecule has 1 aliphatic carbocycles. The predicted molar refractivity (Wildman–Crippen MR) is 46.3 cm³/mol. The largest absolute Gasteiger partial charge is 0.232 e. The van der Waals surface area contributed by atoms with Crippen LogP contribution in [0.15, 0.2) is 0 Å². The molecule has 0 aliphatic heterocycles. The van der Waals surface area contributed by atoms with Crippen molar-refractivity contribution in [2.45, 2.75) is 33.1 Å². The summed E-state index contributed by atoms with van der Waals surface area (Å²) in [6.07, 6.45) is 3.22. The van der Waals surface area contributed by atoms with Gasteiger partial charge in [0.2, 0.25) is 0 Å². The number of hydrogen-bond acceptors (Lipinski definition) is 2. The molecular weight excluding hydrogens is 160 g/mol. The molecule has 0 atom stereocenters. The van der Waals surface area contributed by atoms with E-state index in [1.165, 1.54) is 0 Å². The zero-order valence-electron chi connectivity index (χ0n) is 7.17. The minimum Gasteiger partial charge on any atom is -0.232 e. The topological polar surface area (TPSA) is 34.1 Å². The highest BCUT2D eigenvalue weighted by Crippen LogP contribution is 2.47. The predicted octanol–water partition coefficient (Wildman–Crippen LogP) is 1.42. The van der Waals surface area contributed by atoms with E-state index < -0.39 is 10.7 Å². The van der Waals surface area contributed by atoms with Crippen LogP contribution in [0.4, 0.5) is 0 Å². The third-order valence-corrected chi connectivity index (χ3v) is 3.71. The van der Waals surface area contributed by atoms with Crippen LogP contribution in [0, 0.1) is 11.3 Å². The van der Waals surface area contributed by atoms with Crippen molar-refractivity contribution in [3.8, 4) is 0 Å². The Morgan fingerprint density at radius 2 is 2.00 bits per heavy atom. The Bertz CT molecular complexity index is 194. The lowest BCUT2D eigenvalue weighted by atomic mass is 9.62. The van der Waals surface area contributed by atoms with Crippen LogP contribution in [0.3, 0.4) is 0 Å². The fourth-order valence-corrected chi connectivity index (χ4v) is 3.25. The molecule has 0 aromatic carbocycles. The van der Waals surface area contributed by atoms with Gasteiger partial charge in [0.05, 0.1) is 5.75 Å². The summed E-state index contributed by atoms with van der Waals surface area (Å²) in [7, 11) is -2.17. The summed E-state index contributed by atoms with van der Waals surface area (Å²) in [5.74, 6) is 1.15. The number of rotatable bonds is 3. The van der Waals surface area contributed by atoms with Crippen LogP contribution in [-0.4, -0.2) is 14.2 Å².